The van der Waals surface area contributed by atoms with Crippen molar-refractivity contribution in [1.29, 1.82) is 0 Å². The third-order valence-electron chi connectivity index (χ3n) is 4.70. The number of benzene rings is 4. The molecule has 1 heterocycles. The number of fused-ring (bicyclic) bond motifs is 4. The lowest BCUT2D eigenvalue weighted by Gasteiger charge is -2.08. The molecule has 0 unspecified atom stereocenters. The van der Waals surface area contributed by atoms with E-state index in [1.807, 2.05) is 24.3 Å². The van der Waals surface area contributed by atoms with E-state index in [9.17, 15) is 10.1 Å². The van der Waals surface area contributed by atoms with Gasteiger partial charge in [0.25, 0.3) is 5.69 Å². The van der Waals surface area contributed by atoms with E-state index in [1.165, 1.54) is 17.5 Å². The molecule has 0 saturated carbocycles. The van der Waals surface area contributed by atoms with Gasteiger partial charge in [0.1, 0.15) is 5.82 Å². The molecule has 0 radical (unpaired) electrons. The molecule has 1 aromatic heterocycles. The summed E-state index contributed by atoms with van der Waals surface area (Å²) in [7, 11) is 0. The van der Waals surface area contributed by atoms with E-state index >= 15 is 0 Å². The molecule has 0 aliphatic heterocycles. The molecule has 5 aromatic rings. The van der Waals surface area contributed by atoms with Gasteiger partial charge in [-0.3, -0.25) is 10.1 Å². The summed E-state index contributed by atoms with van der Waals surface area (Å²) in [5, 5.41) is 15.6. The number of nitrogens with zero attached hydrogens (tertiary/aromatic N) is 2. The van der Waals surface area contributed by atoms with E-state index in [-0.39, 0.29) is 5.69 Å². The van der Waals surface area contributed by atoms with Gasteiger partial charge in [0.05, 0.1) is 16.0 Å². The van der Waals surface area contributed by atoms with Gasteiger partial charge in [-0.1, -0.05) is 48.5 Å². The highest BCUT2D eigenvalue weighted by Crippen LogP contribution is 2.34. The molecule has 5 nitrogen and oxygen atoms in total. The Bertz CT molecular complexity index is 1320. The monoisotopic (exact) mass is 339 g/mol. The highest BCUT2D eigenvalue weighted by Gasteiger charge is 2.14. The van der Waals surface area contributed by atoms with E-state index in [0.29, 0.717) is 16.9 Å². The van der Waals surface area contributed by atoms with Crippen molar-refractivity contribution in [3.05, 3.63) is 82.9 Å². The van der Waals surface area contributed by atoms with Crippen LogP contribution in [0.25, 0.3) is 44.0 Å². The minimum absolute atomic E-state index is 0.0519. The van der Waals surface area contributed by atoms with Crippen LogP contribution in [0.3, 0.4) is 0 Å². The van der Waals surface area contributed by atoms with Gasteiger partial charge >= 0.3 is 0 Å². The van der Waals surface area contributed by atoms with Crippen molar-refractivity contribution in [2.75, 3.05) is 0 Å². The van der Waals surface area contributed by atoms with Gasteiger partial charge in [-0.2, -0.15) is 0 Å². The van der Waals surface area contributed by atoms with Crippen LogP contribution in [0.1, 0.15) is 0 Å². The molecule has 0 fully saturated rings. The number of nitro benzene ring substituents is 1. The van der Waals surface area contributed by atoms with Crippen molar-refractivity contribution < 1.29 is 4.92 Å². The minimum atomic E-state index is -0.397. The summed E-state index contributed by atoms with van der Waals surface area (Å²) in [5.74, 6) is 0.711. The molecular formula is C21H13N3O2. The molecule has 4 aromatic carbocycles. The summed E-state index contributed by atoms with van der Waals surface area (Å²) < 4.78 is 0. The lowest BCUT2D eigenvalue weighted by molar-refractivity contribution is -0.384. The van der Waals surface area contributed by atoms with Crippen LogP contribution in [0.15, 0.2) is 72.8 Å². The highest BCUT2D eigenvalue weighted by molar-refractivity contribution is 6.13. The maximum absolute atomic E-state index is 11.0. The third-order valence-corrected chi connectivity index (χ3v) is 4.70. The fraction of sp³-hybridized carbons (Fsp3) is 0. The Hall–Kier alpha value is -3.73. The average Bonchev–Trinajstić information content (AvgIpc) is 3.10. The van der Waals surface area contributed by atoms with Gasteiger partial charge < -0.3 is 4.98 Å². The van der Waals surface area contributed by atoms with Crippen molar-refractivity contribution in [2.45, 2.75) is 0 Å². The van der Waals surface area contributed by atoms with Crippen molar-refractivity contribution in [3.8, 4) is 11.4 Å². The molecule has 0 aliphatic carbocycles. The summed E-state index contributed by atoms with van der Waals surface area (Å²) in [5.41, 5.74) is 2.41. The van der Waals surface area contributed by atoms with Gasteiger partial charge in [0.2, 0.25) is 0 Å². The van der Waals surface area contributed by atoms with Crippen LogP contribution in [0.4, 0.5) is 5.69 Å². The van der Waals surface area contributed by atoms with Crippen molar-refractivity contribution in [3.63, 3.8) is 0 Å². The zero-order valence-electron chi connectivity index (χ0n) is 13.6. The minimum Gasteiger partial charge on any atom is -0.338 e. The summed E-state index contributed by atoms with van der Waals surface area (Å²) in [6.45, 7) is 0. The molecule has 26 heavy (non-hydrogen) atoms. The molecule has 5 rings (SSSR count). The molecule has 124 valence electrons. The number of nitro groups is 1. The van der Waals surface area contributed by atoms with Crippen molar-refractivity contribution >= 4 is 38.3 Å². The molecule has 0 bridgehead atoms. The first-order valence-electron chi connectivity index (χ1n) is 8.26. The number of H-pyrrole nitrogens is 1. The van der Waals surface area contributed by atoms with Gasteiger partial charge in [0, 0.05) is 17.7 Å². The Kier molecular flexibility index (Phi) is 3.03. The Labute approximate surface area is 148 Å². The number of hydrogen-bond donors (Lipinski definition) is 1. The fourth-order valence-corrected chi connectivity index (χ4v) is 3.49. The van der Waals surface area contributed by atoms with Gasteiger partial charge in [0.15, 0.2) is 0 Å². The summed E-state index contributed by atoms with van der Waals surface area (Å²) in [4.78, 5) is 18.5. The number of hydrogen-bond acceptors (Lipinski definition) is 3. The topological polar surface area (TPSA) is 71.8 Å². The second kappa shape index (κ2) is 5.39. The first kappa shape index (κ1) is 14.6. The van der Waals surface area contributed by atoms with Crippen LogP contribution in [0.5, 0.6) is 0 Å². The predicted octanol–water partition coefficient (Wildman–Crippen LogP) is 5.44. The van der Waals surface area contributed by atoms with E-state index in [2.05, 4.69) is 40.3 Å². The Morgan fingerprint density at radius 3 is 2.38 bits per heavy atom. The molecule has 5 heteroatoms. The molecule has 0 spiro atoms. The largest absolute Gasteiger partial charge is 0.338 e. The maximum Gasteiger partial charge on any atom is 0.271 e. The lowest BCUT2D eigenvalue weighted by Crippen LogP contribution is -1.86. The second-order valence-electron chi connectivity index (χ2n) is 6.23. The molecule has 0 amide bonds. The van der Waals surface area contributed by atoms with Crippen LogP contribution in [-0.2, 0) is 0 Å². The molecule has 0 aliphatic rings. The Morgan fingerprint density at radius 1 is 0.846 bits per heavy atom. The van der Waals surface area contributed by atoms with E-state index in [1.54, 1.807) is 6.07 Å². The Balaban J connectivity index is 1.82. The van der Waals surface area contributed by atoms with Crippen molar-refractivity contribution in [2.24, 2.45) is 0 Å². The van der Waals surface area contributed by atoms with Gasteiger partial charge in [-0.05, 0) is 33.7 Å². The number of nitrogens with one attached hydrogen (secondary N) is 1. The summed E-state index contributed by atoms with van der Waals surface area (Å²) in [6, 6.07) is 23.3. The Morgan fingerprint density at radius 2 is 1.58 bits per heavy atom. The van der Waals surface area contributed by atoms with Crippen LogP contribution in [0.2, 0.25) is 0 Å². The normalized spacial score (nSPS) is 11.4. The van der Waals surface area contributed by atoms with Crippen LogP contribution in [0, 0.1) is 10.1 Å². The highest BCUT2D eigenvalue weighted by atomic mass is 16.6. The first-order chi connectivity index (χ1) is 12.7. The van der Waals surface area contributed by atoms with Crippen LogP contribution >= 0.6 is 0 Å². The average molecular weight is 339 g/mol. The standard InChI is InChI=1S/C21H13N3O2/c25-24(26)14-9-10-19-20(12-14)23-21(22-19)18-11-13-5-1-2-6-15(13)16-7-3-4-8-17(16)18/h1-12H,(H,22,23). The predicted molar refractivity (Wildman–Crippen MR) is 103 cm³/mol. The number of non-ortho nitro benzene ring substituents is 1. The fourth-order valence-electron chi connectivity index (χ4n) is 3.49. The molecular weight excluding hydrogens is 326 g/mol. The van der Waals surface area contributed by atoms with Gasteiger partial charge in [-0.25, -0.2) is 4.98 Å². The van der Waals surface area contributed by atoms with E-state index < -0.39 is 4.92 Å². The van der Waals surface area contributed by atoms with E-state index in [4.69, 9.17) is 0 Å². The number of aromatic nitrogens is 2. The number of rotatable bonds is 2. The lowest BCUT2D eigenvalue weighted by atomic mass is 9.97. The maximum atomic E-state index is 11.0. The smallest absolute Gasteiger partial charge is 0.271 e. The second-order valence-corrected chi connectivity index (χ2v) is 6.23. The van der Waals surface area contributed by atoms with Crippen LogP contribution < -0.4 is 0 Å². The molecule has 0 atom stereocenters. The summed E-state index contributed by atoms with van der Waals surface area (Å²) in [6.07, 6.45) is 0. The SMILES string of the molecule is O=[N+]([O-])c1ccc2nc(-c3cc4ccccc4c4ccccc34)[nH]c2c1. The van der Waals surface area contributed by atoms with Crippen LogP contribution in [-0.4, -0.2) is 14.9 Å². The molecule has 0 saturated heterocycles. The first-order valence-corrected chi connectivity index (χ1v) is 8.26. The quantitative estimate of drug-likeness (QED) is 0.264. The van der Waals surface area contributed by atoms with Crippen molar-refractivity contribution in [1.82, 2.24) is 9.97 Å². The zero-order chi connectivity index (χ0) is 17.7. The number of aromatic amines is 1. The molecule has 1 N–H and O–H groups in total. The number of imidazole rings is 1. The van der Waals surface area contributed by atoms with E-state index in [0.717, 1.165) is 21.7 Å². The zero-order valence-corrected chi connectivity index (χ0v) is 13.6. The third kappa shape index (κ3) is 2.14. The summed E-state index contributed by atoms with van der Waals surface area (Å²) >= 11 is 0. The van der Waals surface area contributed by atoms with Gasteiger partial charge in [-0.15, -0.1) is 0 Å².